The highest BCUT2D eigenvalue weighted by molar-refractivity contribution is 7.86. The van der Waals surface area contributed by atoms with Crippen LogP contribution in [-0.4, -0.2) is 18.5 Å². The van der Waals surface area contributed by atoms with E-state index in [-0.39, 0.29) is 5.76 Å². The molecule has 0 saturated carbocycles. The molecule has 23 heavy (non-hydrogen) atoms. The first-order chi connectivity index (χ1) is 10.7. The molecule has 0 amide bonds. The second-order valence-corrected chi connectivity index (χ2v) is 7.11. The van der Waals surface area contributed by atoms with Gasteiger partial charge < -0.3 is 14.5 Å². The molecule has 1 aliphatic rings. The molecule has 2 heterocycles. The molecule has 0 radical (unpaired) electrons. The number of hydrogen-bond donors (Lipinski definition) is 2. The lowest BCUT2D eigenvalue weighted by atomic mass is 9.92. The Labute approximate surface area is 133 Å². The molecule has 1 aromatic carbocycles. The van der Waals surface area contributed by atoms with E-state index in [0.29, 0.717) is 17.0 Å². The van der Waals surface area contributed by atoms with E-state index < -0.39 is 21.3 Å². The van der Waals surface area contributed by atoms with Crippen LogP contribution < -0.4 is 5.32 Å². The van der Waals surface area contributed by atoms with Gasteiger partial charge in [-0.2, -0.15) is 13.7 Å². The number of nitrogens with zero attached hydrogens (tertiary/aromatic N) is 1. The maximum Gasteiger partial charge on any atom is 0.312 e. The van der Waals surface area contributed by atoms with Crippen molar-refractivity contribution >= 4 is 15.8 Å². The lowest BCUT2D eigenvalue weighted by molar-refractivity contribution is -0.0406. The summed E-state index contributed by atoms with van der Waals surface area (Å²) in [6.07, 6.45) is 0. The number of rotatable bonds is 2. The summed E-state index contributed by atoms with van der Waals surface area (Å²) in [7, 11) is -4.39. The van der Waals surface area contributed by atoms with E-state index in [2.05, 4.69) is 5.32 Å². The molecule has 2 N–H and O–H groups in total. The van der Waals surface area contributed by atoms with Crippen LogP contribution in [0.5, 0.6) is 0 Å². The molecule has 1 aromatic heterocycles. The number of ether oxygens (including phenoxy) is 1. The van der Waals surface area contributed by atoms with Gasteiger partial charge in [0.1, 0.15) is 11.8 Å². The van der Waals surface area contributed by atoms with E-state index in [9.17, 15) is 13.0 Å². The van der Waals surface area contributed by atoms with E-state index in [1.807, 2.05) is 6.07 Å². The topological polar surface area (TPSA) is 113 Å². The van der Waals surface area contributed by atoms with Crippen molar-refractivity contribution in [2.24, 2.45) is 0 Å². The summed E-state index contributed by atoms with van der Waals surface area (Å²) in [6.45, 7) is 3.41. The first-order valence-corrected chi connectivity index (χ1v) is 8.26. The minimum Gasteiger partial charge on any atom is -0.446 e. The van der Waals surface area contributed by atoms with Gasteiger partial charge >= 0.3 is 10.1 Å². The van der Waals surface area contributed by atoms with Crippen molar-refractivity contribution in [2.75, 3.05) is 5.32 Å². The largest absolute Gasteiger partial charge is 0.446 e. The molecular formula is C15H14N2O5S. The van der Waals surface area contributed by atoms with Crippen LogP contribution in [0, 0.1) is 11.3 Å². The average molecular weight is 334 g/mol. The number of benzene rings is 1. The normalized spacial score (nSPS) is 19.5. The zero-order chi connectivity index (χ0) is 16.8. The van der Waals surface area contributed by atoms with Crippen LogP contribution in [0.25, 0.3) is 11.3 Å². The van der Waals surface area contributed by atoms with E-state index in [1.54, 1.807) is 44.2 Å². The SMILES string of the molecule is CC1(C)OC(S(=O)(=O)O)Nc2ccc(-c3ccc(C#N)o3)cc21. The average Bonchev–Trinajstić information content (AvgIpc) is 2.94. The van der Waals surface area contributed by atoms with E-state index in [4.69, 9.17) is 14.4 Å². The third kappa shape index (κ3) is 2.82. The highest BCUT2D eigenvalue weighted by atomic mass is 32.2. The van der Waals surface area contributed by atoms with Gasteiger partial charge in [-0.15, -0.1) is 0 Å². The lowest BCUT2D eigenvalue weighted by Crippen LogP contribution is -2.43. The smallest absolute Gasteiger partial charge is 0.312 e. The summed E-state index contributed by atoms with van der Waals surface area (Å²) in [6, 6.07) is 10.4. The van der Waals surface area contributed by atoms with Gasteiger partial charge in [0.05, 0.1) is 5.60 Å². The second-order valence-electron chi connectivity index (χ2n) is 5.66. The molecule has 8 heteroatoms. The highest BCUT2D eigenvalue weighted by Crippen LogP contribution is 2.40. The van der Waals surface area contributed by atoms with Crippen molar-refractivity contribution in [3.63, 3.8) is 0 Å². The van der Waals surface area contributed by atoms with E-state index in [1.165, 1.54) is 0 Å². The van der Waals surface area contributed by atoms with Gasteiger partial charge in [-0.1, -0.05) is 0 Å². The molecule has 3 rings (SSSR count). The van der Waals surface area contributed by atoms with Gasteiger partial charge in [0.2, 0.25) is 5.76 Å². The number of fused-ring (bicyclic) bond motifs is 1. The number of furan rings is 1. The van der Waals surface area contributed by atoms with E-state index in [0.717, 1.165) is 5.56 Å². The van der Waals surface area contributed by atoms with Gasteiger partial charge in [0.25, 0.3) is 5.56 Å². The Morgan fingerprint density at radius 2 is 2.04 bits per heavy atom. The molecule has 1 aliphatic heterocycles. The van der Waals surface area contributed by atoms with Gasteiger partial charge in [0, 0.05) is 16.8 Å². The molecule has 0 saturated heterocycles. The molecular weight excluding hydrogens is 320 g/mol. The molecule has 120 valence electrons. The summed E-state index contributed by atoms with van der Waals surface area (Å²) in [5.41, 5.74) is -0.481. The summed E-state index contributed by atoms with van der Waals surface area (Å²) in [5, 5.41) is 11.5. The van der Waals surface area contributed by atoms with E-state index >= 15 is 0 Å². The first kappa shape index (κ1) is 15.6. The van der Waals surface area contributed by atoms with Crippen LogP contribution in [-0.2, 0) is 20.5 Å². The molecule has 7 nitrogen and oxygen atoms in total. The molecule has 0 spiro atoms. The molecule has 2 aromatic rings. The second kappa shape index (κ2) is 5.09. The predicted molar refractivity (Wildman–Crippen MR) is 81.9 cm³/mol. The Bertz CT molecular complexity index is 908. The zero-order valence-corrected chi connectivity index (χ0v) is 13.2. The van der Waals surface area contributed by atoms with Crippen molar-refractivity contribution in [1.82, 2.24) is 0 Å². The van der Waals surface area contributed by atoms with Crippen LogP contribution in [0.15, 0.2) is 34.7 Å². The first-order valence-electron chi connectivity index (χ1n) is 6.76. The third-order valence-corrected chi connectivity index (χ3v) is 4.37. The molecule has 0 fully saturated rings. The quantitative estimate of drug-likeness (QED) is 0.812. The van der Waals surface area contributed by atoms with Gasteiger partial charge in [0.15, 0.2) is 0 Å². The van der Waals surface area contributed by atoms with Crippen LogP contribution >= 0.6 is 0 Å². The summed E-state index contributed by atoms with van der Waals surface area (Å²) < 4.78 is 42.7. The van der Waals surface area contributed by atoms with Crippen molar-refractivity contribution in [3.05, 3.63) is 41.7 Å². The fraction of sp³-hybridized carbons (Fsp3) is 0.267. The summed E-state index contributed by atoms with van der Waals surface area (Å²) in [4.78, 5) is 0. The Morgan fingerprint density at radius 3 is 2.65 bits per heavy atom. The van der Waals surface area contributed by atoms with Crippen LogP contribution in [0.3, 0.4) is 0 Å². The molecule has 1 atom stereocenters. The van der Waals surface area contributed by atoms with Crippen molar-refractivity contribution in [1.29, 1.82) is 5.26 Å². The highest BCUT2D eigenvalue weighted by Gasteiger charge is 2.39. The van der Waals surface area contributed by atoms with Crippen molar-refractivity contribution < 1.29 is 22.1 Å². The minimum absolute atomic E-state index is 0.206. The third-order valence-electron chi connectivity index (χ3n) is 3.61. The maximum atomic E-state index is 11.3. The number of hydrogen-bond acceptors (Lipinski definition) is 6. The minimum atomic E-state index is -4.39. The fourth-order valence-corrected chi connectivity index (χ4v) is 3.14. The van der Waals surface area contributed by atoms with Crippen LogP contribution in [0.1, 0.15) is 25.2 Å². The Balaban J connectivity index is 2.05. The number of anilines is 1. The Morgan fingerprint density at radius 1 is 1.30 bits per heavy atom. The maximum absolute atomic E-state index is 11.3. The number of nitrogens with one attached hydrogen (secondary N) is 1. The Kier molecular flexibility index (Phi) is 3.44. The van der Waals surface area contributed by atoms with Crippen LogP contribution in [0.2, 0.25) is 0 Å². The molecule has 0 bridgehead atoms. The van der Waals surface area contributed by atoms with Crippen molar-refractivity contribution in [2.45, 2.75) is 25.0 Å². The van der Waals surface area contributed by atoms with Crippen molar-refractivity contribution in [3.8, 4) is 17.4 Å². The molecule has 1 unspecified atom stereocenters. The Hall–Kier alpha value is -2.34. The lowest BCUT2D eigenvalue weighted by Gasteiger charge is -2.37. The van der Waals surface area contributed by atoms with Gasteiger partial charge in [-0.05, 0) is 44.2 Å². The summed E-state index contributed by atoms with van der Waals surface area (Å²) >= 11 is 0. The summed E-state index contributed by atoms with van der Waals surface area (Å²) in [5.74, 6) is 0.731. The predicted octanol–water partition coefficient (Wildman–Crippen LogP) is 2.67. The molecule has 0 aliphatic carbocycles. The van der Waals surface area contributed by atoms with Gasteiger partial charge in [-0.3, -0.25) is 4.55 Å². The zero-order valence-electron chi connectivity index (χ0n) is 12.4. The number of nitriles is 1. The fourth-order valence-electron chi connectivity index (χ4n) is 2.50. The standard InChI is InChI=1S/C15H14N2O5S/c1-15(2)11-7-9(13-6-4-10(8-16)21-13)3-5-12(11)17-14(22-15)23(18,19)20/h3-7,14,17H,1-2H3,(H,18,19,20). The van der Waals surface area contributed by atoms with Gasteiger partial charge in [-0.25, -0.2) is 0 Å². The monoisotopic (exact) mass is 334 g/mol. The van der Waals surface area contributed by atoms with Crippen LogP contribution in [0.4, 0.5) is 5.69 Å².